The molecule has 10 heteroatoms. The second-order valence-electron chi connectivity index (χ2n) is 9.26. The molecule has 37 heavy (non-hydrogen) atoms. The third-order valence-corrected chi connectivity index (χ3v) is 6.88. The summed E-state index contributed by atoms with van der Waals surface area (Å²) in [6, 6.07) is 13.0. The summed E-state index contributed by atoms with van der Waals surface area (Å²) in [6.45, 7) is 3.56. The number of benzene rings is 2. The Morgan fingerprint density at radius 2 is 1.54 bits per heavy atom. The molecule has 0 saturated heterocycles. The van der Waals surface area contributed by atoms with Gasteiger partial charge in [0.2, 0.25) is 0 Å². The molecule has 0 unspecified atom stereocenters. The van der Waals surface area contributed by atoms with Crippen LogP contribution in [0.25, 0.3) is 0 Å². The van der Waals surface area contributed by atoms with E-state index in [9.17, 15) is 9.59 Å². The maximum absolute atomic E-state index is 9.77. The number of anilines is 1. The highest BCUT2D eigenvalue weighted by molar-refractivity contribution is 6.33. The van der Waals surface area contributed by atoms with Crippen molar-refractivity contribution in [2.45, 2.75) is 70.0 Å². The number of carboxylic acid groups (broad SMARTS) is 2. The Labute approximate surface area is 221 Å². The summed E-state index contributed by atoms with van der Waals surface area (Å²) in [6.07, 6.45) is 3.10. The Morgan fingerprint density at radius 1 is 0.946 bits per heavy atom. The maximum atomic E-state index is 9.77. The van der Waals surface area contributed by atoms with E-state index in [1.807, 2.05) is 6.07 Å². The van der Waals surface area contributed by atoms with E-state index in [0.29, 0.717) is 6.10 Å². The molecule has 2 aromatic carbocycles. The minimum atomic E-state index is -2.27. The van der Waals surface area contributed by atoms with E-state index in [4.69, 9.17) is 36.8 Å². The SMILES string of the molecule is Clc1ccc2c(c1NCc1ccc(COC3CCCC3)cc1)CCNCC2.O=C(O)[C@H](O)[C@@H](O)C(=O)O. The van der Waals surface area contributed by atoms with Crippen molar-refractivity contribution in [2.24, 2.45) is 0 Å². The summed E-state index contributed by atoms with van der Waals surface area (Å²) in [5, 5.41) is 40.4. The van der Waals surface area contributed by atoms with Gasteiger partial charge in [0.05, 0.1) is 23.4 Å². The van der Waals surface area contributed by atoms with Crippen LogP contribution < -0.4 is 10.6 Å². The largest absolute Gasteiger partial charge is 0.479 e. The van der Waals surface area contributed by atoms with Gasteiger partial charge in [-0.05, 0) is 67.1 Å². The van der Waals surface area contributed by atoms with Crippen molar-refractivity contribution in [3.63, 3.8) is 0 Å². The predicted molar refractivity (Wildman–Crippen MR) is 140 cm³/mol. The van der Waals surface area contributed by atoms with Crippen molar-refractivity contribution in [2.75, 3.05) is 18.4 Å². The van der Waals surface area contributed by atoms with Gasteiger partial charge < -0.3 is 35.8 Å². The van der Waals surface area contributed by atoms with Gasteiger partial charge in [0.25, 0.3) is 0 Å². The highest BCUT2D eigenvalue weighted by Gasteiger charge is 2.29. The number of halogens is 1. The molecule has 0 spiro atoms. The number of ether oxygens (including phenoxy) is 1. The van der Waals surface area contributed by atoms with Gasteiger partial charge >= 0.3 is 11.9 Å². The van der Waals surface area contributed by atoms with Gasteiger partial charge in [-0.3, -0.25) is 0 Å². The topological polar surface area (TPSA) is 148 Å². The molecule has 0 radical (unpaired) electrons. The summed E-state index contributed by atoms with van der Waals surface area (Å²) in [7, 11) is 0. The molecule has 9 nitrogen and oxygen atoms in total. The molecule has 2 aliphatic rings. The van der Waals surface area contributed by atoms with Crippen LogP contribution >= 0.6 is 11.6 Å². The summed E-state index contributed by atoms with van der Waals surface area (Å²) in [5.74, 6) is -3.54. The van der Waals surface area contributed by atoms with E-state index in [2.05, 4.69) is 41.0 Å². The van der Waals surface area contributed by atoms with E-state index in [-0.39, 0.29) is 0 Å². The smallest absolute Gasteiger partial charge is 0.335 e. The summed E-state index contributed by atoms with van der Waals surface area (Å²) >= 11 is 6.51. The normalized spacial score (nSPS) is 17.1. The van der Waals surface area contributed by atoms with Crippen LogP contribution in [-0.2, 0) is 40.3 Å². The first-order valence-corrected chi connectivity index (χ1v) is 12.9. The van der Waals surface area contributed by atoms with Crippen LogP contribution in [0.5, 0.6) is 0 Å². The first-order chi connectivity index (χ1) is 17.8. The van der Waals surface area contributed by atoms with Crippen molar-refractivity contribution < 1.29 is 34.8 Å². The molecule has 2 atom stereocenters. The Balaban J connectivity index is 0.000000325. The number of carboxylic acids is 2. The van der Waals surface area contributed by atoms with Gasteiger partial charge in [0, 0.05) is 6.54 Å². The predicted octanol–water partition coefficient (Wildman–Crippen LogP) is 2.98. The lowest BCUT2D eigenvalue weighted by atomic mass is 10.0. The van der Waals surface area contributed by atoms with Crippen LogP contribution in [0.4, 0.5) is 5.69 Å². The van der Waals surface area contributed by atoms with Crippen LogP contribution in [0.3, 0.4) is 0 Å². The zero-order valence-corrected chi connectivity index (χ0v) is 21.4. The fraction of sp³-hybridized carbons (Fsp3) is 0.481. The second-order valence-corrected chi connectivity index (χ2v) is 9.67. The Kier molecular flexibility index (Phi) is 11.2. The average molecular weight is 535 g/mol. The standard InChI is InChI=1S/C23H29ClN2O.C4H6O6/c24-22-10-9-19-11-13-25-14-12-21(19)23(22)26-15-17-5-7-18(8-6-17)16-27-20-3-1-2-4-20;5-1(3(7)8)2(6)4(9)10/h5-10,20,25-26H,1-4,11-16H2;1-2,5-6H,(H,7,8)(H,9,10)/t;1-,2-/m.1/s1. The average Bonchev–Trinajstić information content (AvgIpc) is 3.30. The molecule has 0 amide bonds. The summed E-state index contributed by atoms with van der Waals surface area (Å²) < 4.78 is 6.01. The van der Waals surface area contributed by atoms with Crippen LogP contribution in [0.2, 0.25) is 5.02 Å². The number of aliphatic hydroxyl groups excluding tert-OH is 2. The first-order valence-electron chi connectivity index (χ1n) is 12.5. The van der Waals surface area contributed by atoms with Gasteiger partial charge in [0.1, 0.15) is 0 Å². The number of fused-ring (bicyclic) bond motifs is 1. The monoisotopic (exact) mass is 534 g/mol. The highest BCUT2D eigenvalue weighted by Crippen LogP contribution is 2.31. The van der Waals surface area contributed by atoms with Crippen LogP contribution in [-0.4, -0.2) is 63.8 Å². The number of aliphatic hydroxyl groups is 2. The first kappa shape index (κ1) is 28.9. The third kappa shape index (κ3) is 8.69. The summed E-state index contributed by atoms with van der Waals surface area (Å²) in [4.78, 5) is 19.5. The Hall–Kier alpha value is -2.69. The van der Waals surface area contributed by atoms with Crippen molar-refractivity contribution in [1.29, 1.82) is 0 Å². The lowest BCUT2D eigenvalue weighted by Crippen LogP contribution is -2.39. The van der Waals surface area contributed by atoms with Gasteiger partial charge in [-0.25, -0.2) is 9.59 Å². The van der Waals surface area contributed by atoms with Crippen molar-refractivity contribution in [3.8, 4) is 0 Å². The molecular formula is C27H35ClN2O7. The molecule has 6 N–H and O–H groups in total. The quantitative estimate of drug-likeness (QED) is 0.285. The minimum Gasteiger partial charge on any atom is -0.479 e. The van der Waals surface area contributed by atoms with Crippen LogP contribution in [0.1, 0.15) is 47.9 Å². The minimum absolute atomic E-state index is 0.469. The van der Waals surface area contributed by atoms with Gasteiger partial charge in [-0.1, -0.05) is 54.8 Å². The fourth-order valence-electron chi connectivity index (χ4n) is 4.42. The molecule has 1 aliphatic heterocycles. The van der Waals surface area contributed by atoms with Crippen LogP contribution in [0.15, 0.2) is 36.4 Å². The number of hydrogen-bond donors (Lipinski definition) is 6. The molecule has 0 bridgehead atoms. The third-order valence-electron chi connectivity index (χ3n) is 6.57. The number of nitrogens with one attached hydrogen (secondary N) is 2. The van der Waals surface area contributed by atoms with E-state index >= 15 is 0 Å². The van der Waals surface area contributed by atoms with Crippen molar-refractivity contribution in [3.05, 3.63) is 63.7 Å². The van der Waals surface area contributed by atoms with Crippen molar-refractivity contribution in [1.82, 2.24) is 5.32 Å². The lowest BCUT2D eigenvalue weighted by Gasteiger charge is -2.16. The van der Waals surface area contributed by atoms with E-state index in [0.717, 1.165) is 49.8 Å². The number of carbonyl (C=O) groups is 2. The second kappa shape index (κ2) is 14.3. The Bertz CT molecular complexity index is 1020. The molecule has 1 heterocycles. The maximum Gasteiger partial charge on any atom is 0.335 e. The van der Waals surface area contributed by atoms with Crippen molar-refractivity contribution >= 4 is 29.2 Å². The Morgan fingerprint density at radius 3 is 2.16 bits per heavy atom. The van der Waals surface area contributed by atoms with Crippen LogP contribution in [0, 0.1) is 0 Å². The number of hydrogen-bond acceptors (Lipinski definition) is 7. The van der Waals surface area contributed by atoms with Gasteiger partial charge in [-0.15, -0.1) is 0 Å². The van der Waals surface area contributed by atoms with Gasteiger partial charge in [0.15, 0.2) is 12.2 Å². The fourth-order valence-corrected chi connectivity index (χ4v) is 4.66. The summed E-state index contributed by atoms with van der Waals surface area (Å²) in [5.41, 5.74) is 6.40. The lowest BCUT2D eigenvalue weighted by molar-refractivity contribution is -0.165. The molecule has 1 aliphatic carbocycles. The zero-order valence-electron chi connectivity index (χ0n) is 20.7. The number of rotatable bonds is 9. The molecule has 4 rings (SSSR count). The molecule has 0 aromatic heterocycles. The molecule has 2 aromatic rings. The molecule has 1 saturated carbocycles. The van der Waals surface area contributed by atoms with E-state index < -0.39 is 24.1 Å². The zero-order chi connectivity index (χ0) is 26.8. The highest BCUT2D eigenvalue weighted by atomic mass is 35.5. The molecular weight excluding hydrogens is 500 g/mol. The number of aliphatic carboxylic acids is 2. The molecule has 202 valence electrons. The van der Waals surface area contributed by atoms with Gasteiger partial charge in [-0.2, -0.15) is 0 Å². The van der Waals surface area contributed by atoms with E-state index in [1.54, 1.807) is 0 Å². The van der Waals surface area contributed by atoms with E-state index in [1.165, 1.54) is 47.9 Å². The molecule has 1 fully saturated rings.